The van der Waals surface area contributed by atoms with E-state index in [1.807, 2.05) is 17.9 Å². The molecule has 20 heavy (non-hydrogen) atoms. The number of likely N-dealkylation sites (tertiary alicyclic amines) is 1. The minimum absolute atomic E-state index is 0.151. The van der Waals surface area contributed by atoms with Crippen LogP contribution in [0.1, 0.15) is 46.8 Å². The summed E-state index contributed by atoms with van der Waals surface area (Å²) in [5.74, 6) is 6.64. The van der Waals surface area contributed by atoms with Gasteiger partial charge in [0.05, 0.1) is 16.3 Å². The molecule has 1 aliphatic rings. The first-order valence-electron chi connectivity index (χ1n) is 7.13. The molecule has 2 unspecified atom stereocenters. The first-order chi connectivity index (χ1) is 9.52. The molecule has 4 heteroatoms. The van der Waals surface area contributed by atoms with Crippen LogP contribution in [0.25, 0.3) is 0 Å². The van der Waals surface area contributed by atoms with Gasteiger partial charge in [-0.25, -0.2) is 0 Å². The third-order valence-electron chi connectivity index (χ3n) is 3.81. The van der Waals surface area contributed by atoms with Crippen molar-refractivity contribution < 1.29 is 4.79 Å². The van der Waals surface area contributed by atoms with Crippen LogP contribution in [0.2, 0.25) is 0 Å². The molecule has 108 valence electrons. The van der Waals surface area contributed by atoms with Gasteiger partial charge in [0.15, 0.2) is 0 Å². The molecule has 0 aromatic carbocycles. The molecular weight excluding hydrogens is 268 g/mol. The van der Waals surface area contributed by atoms with Crippen LogP contribution >= 0.6 is 11.3 Å². The molecule has 0 radical (unpaired) electrons. The molecule has 2 rings (SSSR count). The Hall–Kier alpha value is -1.31. The van der Waals surface area contributed by atoms with E-state index in [0.717, 1.165) is 28.3 Å². The van der Waals surface area contributed by atoms with Gasteiger partial charge in [0.25, 0.3) is 5.91 Å². The van der Waals surface area contributed by atoms with Crippen molar-refractivity contribution >= 4 is 17.2 Å². The van der Waals surface area contributed by atoms with E-state index in [1.54, 1.807) is 0 Å². The van der Waals surface area contributed by atoms with E-state index in [-0.39, 0.29) is 5.91 Å². The third-order valence-corrected chi connectivity index (χ3v) is 4.95. The van der Waals surface area contributed by atoms with Crippen LogP contribution in [0.4, 0.5) is 0 Å². The molecule has 0 spiro atoms. The third kappa shape index (κ3) is 3.23. The Balaban J connectivity index is 2.20. The second kappa shape index (κ2) is 6.43. The molecule has 0 aliphatic carbocycles. The molecule has 0 saturated carbocycles. The maximum Gasteiger partial charge on any atom is 0.264 e. The molecule has 2 N–H and O–H groups in total. The van der Waals surface area contributed by atoms with Crippen LogP contribution in [0.15, 0.2) is 6.07 Å². The highest BCUT2D eigenvalue weighted by Gasteiger charge is 2.28. The van der Waals surface area contributed by atoms with Gasteiger partial charge in [-0.1, -0.05) is 18.8 Å². The van der Waals surface area contributed by atoms with E-state index in [1.165, 1.54) is 17.8 Å². The number of carbonyl (C=O) groups is 1. The molecule has 2 heterocycles. The summed E-state index contributed by atoms with van der Waals surface area (Å²) in [5.41, 5.74) is 6.47. The van der Waals surface area contributed by atoms with Gasteiger partial charge in [0, 0.05) is 12.6 Å². The molecule has 3 nitrogen and oxygen atoms in total. The van der Waals surface area contributed by atoms with Gasteiger partial charge in [-0.3, -0.25) is 4.79 Å². The molecule has 0 bridgehead atoms. The van der Waals surface area contributed by atoms with Gasteiger partial charge in [-0.05, 0) is 44.2 Å². The Bertz CT molecular complexity index is 553. The van der Waals surface area contributed by atoms with Crippen LogP contribution in [0.5, 0.6) is 0 Å². The largest absolute Gasteiger partial charge is 0.335 e. The van der Waals surface area contributed by atoms with Crippen LogP contribution in [0, 0.1) is 24.7 Å². The van der Waals surface area contributed by atoms with E-state index in [4.69, 9.17) is 5.73 Å². The minimum atomic E-state index is 0.151. The average molecular weight is 290 g/mol. The topological polar surface area (TPSA) is 46.3 Å². The first-order valence-corrected chi connectivity index (χ1v) is 7.95. The smallest absolute Gasteiger partial charge is 0.264 e. The molecule has 1 aromatic heterocycles. The molecule has 1 aromatic rings. The van der Waals surface area contributed by atoms with Crippen molar-refractivity contribution in [2.45, 2.75) is 39.7 Å². The fraction of sp³-hybridized carbons (Fsp3) is 0.562. The summed E-state index contributed by atoms with van der Waals surface area (Å²) in [6.07, 6.45) is 2.30. The van der Waals surface area contributed by atoms with Gasteiger partial charge in [0.2, 0.25) is 0 Å². The van der Waals surface area contributed by atoms with Crippen molar-refractivity contribution in [1.29, 1.82) is 0 Å². The SMILES string of the molecule is Cc1cc(C(=O)N2CC(C)CCC2C)sc1C#CCN. The number of hydrogen-bond acceptors (Lipinski definition) is 3. The Morgan fingerprint density at radius 1 is 1.50 bits per heavy atom. The number of nitrogens with two attached hydrogens (primary N) is 1. The Morgan fingerprint density at radius 3 is 2.95 bits per heavy atom. The Labute approximate surface area is 125 Å². The van der Waals surface area contributed by atoms with Gasteiger partial charge < -0.3 is 10.6 Å². The van der Waals surface area contributed by atoms with E-state index in [2.05, 4.69) is 25.7 Å². The minimum Gasteiger partial charge on any atom is -0.335 e. The second-order valence-corrected chi connectivity index (χ2v) is 6.67. The summed E-state index contributed by atoms with van der Waals surface area (Å²) in [6.45, 7) is 7.56. The van der Waals surface area contributed by atoms with Crippen molar-refractivity contribution in [3.8, 4) is 11.8 Å². The van der Waals surface area contributed by atoms with Gasteiger partial charge in [-0.15, -0.1) is 11.3 Å². The summed E-state index contributed by atoms with van der Waals surface area (Å²) in [7, 11) is 0. The maximum atomic E-state index is 12.7. The van der Waals surface area contributed by atoms with E-state index in [9.17, 15) is 4.79 Å². The Morgan fingerprint density at radius 2 is 2.25 bits per heavy atom. The standard InChI is InChI=1S/C16H22N2OS/c1-11-6-7-13(3)18(10-11)16(19)15-9-12(2)14(20-15)5-4-8-17/h9,11,13H,6-8,10,17H2,1-3H3. The molecule has 1 amide bonds. The van der Waals surface area contributed by atoms with Crippen LogP contribution < -0.4 is 5.73 Å². The number of aryl methyl sites for hydroxylation is 1. The monoisotopic (exact) mass is 290 g/mol. The lowest BCUT2D eigenvalue weighted by atomic mass is 9.95. The summed E-state index contributed by atoms with van der Waals surface area (Å²) in [4.78, 5) is 16.4. The Kier molecular flexibility index (Phi) is 4.85. The number of thiophene rings is 1. The van der Waals surface area contributed by atoms with Crippen LogP contribution in [-0.2, 0) is 0 Å². The summed E-state index contributed by atoms with van der Waals surface area (Å²) < 4.78 is 0. The fourth-order valence-corrected chi connectivity index (χ4v) is 3.56. The lowest BCUT2D eigenvalue weighted by Crippen LogP contribution is -2.44. The zero-order chi connectivity index (χ0) is 14.7. The molecule has 1 aliphatic heterocycles. The molecular formula is C16H22N2OS. The molecule has 1 saturated heterocycles. The second-order valence-electron chi connectivity index (χ2n) is 5.62. The van der Waals surface area contributed by atoms with Gasteiger partial charge >= 0.3 is 0 Å². The average Bonchev–Trinajstić information content (AvgIpc) is 2.79. The summed E-state index contributed by atoms with van der Waals surface area (Å²) in [5, 5.41) is 0. The highest BCUT2D eigenvalue weighted by molar-refractivity contribution is 7.14. The summed E-state index contributed by atoms with van der Waals surface area (Å²) in [6, 6.07) is 2.29. The van der Waals surface area contributed by atoms with E-state index in [0.29, 0.717) is 18.5 Å². The zero-order valence-corrected chi connectivity index (χ0v) is 13.2. The number of rotatable bonds is 1. The van der Waals surface area contributed by atoms with Gasteiger partial charge in [0.1, 0.15) is 0 Å². The number of piperidine rings is 1. The van der Waals surface area contributed by atoms with E-state index >= 15 is 0 Å². The predicted molar refractivity (Wildman–Crippen MR) is 83.9 cm³/mol. The highest BCUT2D eigenvalue weighted by atomic mass is 32.1. The van der Waals surface area contributed by atoms with Crippen molar-refractivity contribution in [3.63, 3.8) is 0 Å². The fourth-order valence-electron chi connectivity index (χ4n) is 2.56. The zero-order valence-electron chi connectivity index (χ0n) is 12.4. The lowest BCUT2D eigenvalue weighted by molar-refractivity contribution is 0.0579. The van der Waals surface area contributed by atoms with Crippen molar-refractivity contribution in [2.75, 3.05) is 13.1 Å². The number of carbonyl (C=O) groups excluding carboxylic acids is 1. The highest BCUT2D eigenvalue weighted by Crippen LogP contribution is 2.27. The molecule has 1 fully saturated rings. The van der Waals surface area contributed by atoms with Crippen molar-refractivity contribution in [2.24, 2.45) is 11.7 Å². The lowest BCUT2D eigenvalue weighted by Gasteiger charge is -2.36. The first kappa shape index (κ1) is 15.1. The number of nitrogens with zero attached hydrogens (tertiary/aromatic N) is 1. The summed E-state index contributed by atoms with van der Waals surface area (Å²) >= 11 is 1.48. The van der Waals surface area contributed by atoms with Crippen LogP contribution in [-0.4, -0.2) is 29.9 Å². The van der Waals surface area contributed by atoms with Gasteiger partial charge in [-0.2, -0.15) is 0 Å². The quantitative estimate of drug-likeness (QED) is 0.808. The van der Waals surface area contributed by atoms with Crippen molar-refractivity contribution in [3.05, 3.63) is 21.4 Å². The van der Waals surface area contributed by atoms with Crippen LogP contribution in [0.3, 0.4) is 0 Å². The maximum absolute atomic E-state index is 12.7. The number of amides is 1. The van der Waals surface area contributed by atoms with E-state index < -0.39 is 0 Å². The number of hydrogen-bond donors (Lipinski definition) is 1. The molecule has 2 atom stereocenters. The van der Waals surface area contributed by atoms with Crippen molar-refractivity contribution in [1.82, 2.24) is 4.90 Å². The normalized spacial score (nSPS) is 22.3. The predicted octanol–water partition coefficient (Wildman–Crippen LogP) is 2.63.